The van der Waals surface area contributed by atoms with Crippen LogP contribution in [0.4, 0.5) is 5.82 Å². The number of pyridine rings is 1. The van der Waals surface area contributed by atoms with Gasteiger partial charge in [-0.15, -0.1) is 0 Å². The molecule has 0 aliphatic carbocycles. The van der Waals surface area contributed by atoms with Gasteiger partial charge in [0.1, 0.15) is 11.3 Å². The summed E-state index contributed by atoms with van der Waals surface area (Å²) in [5.74, 6) is -5.26. The number of rotatable bonds is 11. The molecule has 0 radical (unpaired) electrons. The van der Waals surface area contributed by atoms with Crippen LogP contribution < -0.4 is 10.2 Å². The van der Waals surface area contributed by atoms with Crippen LogP contribution in [0.2, 0.25) is 0 Å². The Hall–Kier alpha value is -4.18. The van der Waals surface area contributed by atoms with Gasteiger partial charge in [-0.2, -0.15) is 0 Å². The minimum atomic E-state index is -1.99. The Morgan fingerprint density at radius 2 is 1.63 bits per heavy atom. The van der Waals surface area contributed by atoms with E-state index < -0.39 is 41.3 Å². The first-order chi connectivity index (χ1) is 18.3. The van der Waals surface area contributed by atoms with Crippen LogP contribution in [0.25, 0.3) is 0 Å². The molecule has 3 rings (SSSR count). The fourth-order valence-electron chi connectivity index (χ4n) is 3.56. The molecule has 2 atom stereocenters. The Labute approximate surface area is 225 Å². The highest BCUT2D eigenvalue weighted by molar-refractivity contribution is 6.21. The molecule has 1 aromatic heterocycles. The number of carbonyl (C=O) groups is 4. The minimum Gasteiger partial charge on any atom is -0.463 e. The molecule has 1 amide bonds. The molecule has 1 N–H and O–H groups in total. The predicted molar refractivity (Wildman–Crippen MR) is 139 cm³/mol. The summed E-state index contributed by atoms with van der Waals surface area (Å²) >= 11 is 6.04. The molecule has 0 saturated carbocycles. The molecule has 11 heteroatoms. The van der Waals surface area contributed by atoms with E-state index in [4.69, 9.17) is 25.8 Å². The smallest absolute Gasteiger partial charge is 0.359 e. The second-order valence-corrected chi connectivity index (χ2v) is 8.39. The summed E-state index contributed by atoms with van der Waals surface area (Å²) in [4.78, 5) is 58.0. The monoisotopic (exact) mass is 541 g/mol. The average Bonchev–Trinajstić information content (AvgIpc) is 2.92. The lowest BCUT2D eigenvalue weighted by atomic mass is 9.97. The number of nitrogens with one attached hydrogen (secondary N) is 1. The summed E-state index contributed by atoms with van der Waals surface area (Å²) < 4.78 is 15.1. The number of amides is 1. The lowest BCUT2D eigenvalue weighted by Crippen LogP contribution is -2.44. The van der Waals surface area contributed by atoms with Gasteiger partial charge in [-0.3, -0.25) is 14.5 Å². The Morgan fingerprint density at radius 1 is 0.974 bits per heavy atom. The number of ether oxygens (including phenoxy) is 3. The molecule has 10 nitrogen and oxygen atoms in total. The molecular formula is C27H28ClN3O7. The molecule has 0 spiro atoms. The minimum absolute atomic E-state index is 0.0404. The number of aromatic nitrogens is 1. The maximum absolute atomic E-state index is 14.1. The second-order valence-electron chi connectivity index (χ2n) is 7.92. The van der Waals surface area contributed by atoms with Gasteiger partial charge >= 0.3 is 17.9 Å². The Morgan fingerprint density at radius 3 is 2.18 bits per heavy atom. The molecule has 1 aliphatic heterocycles. The van der Waals surface area contributed by atoms with Crippen molar-refractivity contribution in [2.24, 2.45) is 0 Å². The zero-order chi connectivity index (χ0) is 27.5. The first-order valence-electron chi connectivity index (χ1n) is 11.9. The van der Waals surface area contributed by atoms with Crippen LogP contribution in [0.15, 0.2) is 78.7 Å². The number of dihydropyridines is 1. The van der Waals surface area contributed by atoms with E-state index >= 15 is 0 Å². The summed E-state index contributed by atoms with van der Waals surface area (Å²) in [5.41, 5.74) is 0.589. The summed E-state index contributed by atoms with van der Waals surface area (Å²) in [5, 5.41) is 2.95. The topological polar surface area (TPSA) is 124 Å². The zero-order valence-corrected chi connectivity index (χ0v) is 21.7. The van der Waals surface area contributed by atoms with Crippen LogP contribution in [0.1, 0.15) is 25.3 Å². The lowest BCUT2D eigenvalue weighted by molar-refractivity contribution is -0.181. The van der Waals surface area contributed by atoms with Crippen LogP contribution in [-0.4, -0.2) is 60.2 Å². The number of anilines is 1. The quantitative estimate of drug-likeness (QED) is 0.150. The lowest BCUT2D eigenvalue weighted by Gasteiger charge is -2.28. The maximum Gasteiger partial charge on any atom is 0.359 e. The number of carbonyl (C=O) groups excluding carboxylic acids is 4. The molecule has 2 unspecified atom stereocenters. The highest BCUT2D eigenvalue weighted by atomic mass is 35.5. The standard InChI is InChI=1S/C27H28ClN3O7/c1-3-36-26(34)23(27(35)37-4-2)38-25(33)22(19-10-6-5-7-11-19)24(32)31(21-12-8-9-15-29-21)17-18-13-14-20(28)30-16-18/h5-16,20,22-23,30H,3-4,17H2,1-2H3. The number of halogens is 1. The Balaban J connectivity index is 1.99. The van der Waals surface area contributed by atoms with E-state index in [1.165, 1.54) is 11.1 Å². The van der Waals surface area contributed by atoms with Crippen LogP contribution >= 0.6 is 11.6 Å². The van der Waals surface area contributed by atoms with Gasteiger partial charge in [0.25, 0.3) is 6.10 Å². The fourth-order valence-corrected chi connectivity index (χ4v) is 3.69. The van der Waals surface area contributed by atoms with E-state index in [1.807, 2.05) is 0 Å². The molecule has 0 bridgehead atoms. The summed E-state index contributed by atoms with van der Waals surface area (Å²) in [6.45, 7) is 3.01. The number of esters is 3. The molecule has 38 heavy (non-hydrogen) atoms. The normalized spacial score (nSPS) is 15.1. The fraction of sp³-hybridized carbons (Fsp3) is 0.296. The summed E-state index contributed by atoms with van der Waals surface area (Å²) in [6, 6.07) is 13.2. The molecule has 2 aromatic rings. The maximum atomic E-state index is 14.1. The third-order valence-electron chi connectivity index (χ3n) is 5.29. The van der Waals surface area contributed by atoms with E-state index in [0.717, 1.165) is 0 Å². The number of benzene rings is 1. The number of hydrogen-bond acceptors (Lipinski definition) is 9. The summed E-state index contributed by atoms with van der Waals surface area (Å²) in [6.07, 6.45) is 4.66. The van der Waals surface area contributed by atoms with Crippen molar-refractivity contribution in [1.82, 2.24) is 10.3 Å². The van der Waals surface area contributed by atoms with Crippen molar-refractivity contribution in [3.8, 4) is 0 Å². The van der Waals surface area contributed by atoms with Crippen LogP contribution in [-0.2, 0) is 33.4 Å². The number of alkyl halides is 1. The van der Waals surface area contributed by atoms with E-state index in [0.29, 0.717) is 11.1 Å². The van der Waals surface area contributed by atoms with E-state index in [-0.39, 0.29) is 25.6 Å². The number of nitrogens with zero attached hydrogens (tertiary/aromatic N) is 2. The second kappa shape index (κ2) is 13.9. The predicted octanol–water partition coefficient (Wildman–Crippen LogP) is 2.84. The number of hydrogen-bond donors (Lipinski definition) is 1. The van der Waals surface area contributed by atoms with Gasteiger partial charge in [0.2, 0.25) is 5.91 Å². The highest BCUT2D eigenvalue weighted by Crippen LogP contribution is 2.26. The van der Waals surface area contributed by atoms with Crippen LogP contribution in [0.5, 0.6) is 0 Å². The zero-order valence-electron chi connectivity index (χ0n) is 20.9. The van der Waals surface area contributed by atoms with E-state index in [1.54, 1.807) is 80.7 Å². The molecule has 1 aliphatic rings. The van der Waals surface area contributed by atoms with Crippen molar-refractivity contribution in [2.75, 3.05) is 24.7 Å². The van der Waals surface area contributed by atoms with Gasteiger partial charge in [-0.1, -0.05) is 54.1 Å². The van der Waals surface area contributed by atoms with Crippen molar-refractivity contribution < 1.29 is 33.4 Å². The molecule has 0 saturated heterocycles. The average molecular weight is 542 g/mol. The highest BCUT2D eigenvalue weighted by Gasteiger charge is 2.40. The largest absolute Gasteiger partial charge is 0.463 e. The van der Waals surface area contributed by atoms with Gasteiger partial charge in [-0.05, 0) is 43.2 Å². The molecule has 1 aromatic carbocycles. The molecule has 200 valence electrons. The van der Waals surface area contributed by atoms with Crippen molar-refractivity contribution in [3.05, 3.63) is 84.2 Å². The third-order valence-corrected chi connectivity index (χ3v) is 5.56. The van der Waals surface area contributed by atoms with Crippen molar-refractivity contribution >= 4 is 41.2 Å². The van der Waals surface area contributed by atoms with Gasteiger partial charge < -0.3 is 19.5 Å². The SMILES string of the molecule is CCOC(=O)C(OC(=O)C(C(=O)N(CC1=CNC(Cl)C=C1)c1ccccn1)c1ccccc1)C(=O)OCC. The van der Waals surface area contributed by atoms with Gasteiger partial charge in [0.05, 0.1) is 19.8 Å². The van der Waals surface area contributed by atoms with E-state index in [2.05, 4.69) is 10.3 Å². The van der Waals surface area contributed by atoms with Crippen molar-refractivity contribution in [3.63, 3.8) is 0 Å². The molecule has 0 fully saturated rings. The van der Waals surface area contributed by atoms with Crippen molar-refractivity contribution in [1.29, 1.82) is 0 Å². The van der Waals surface area contributed by atoms with Crippen molar-refractivity contribution in [2.45, 2.75) is 31.4 Å². The van der Waals surface area contributed by atoms with Gasteiger partial charge in [0, 0.05) is 12.4 Å². The third kappa shape index (κ3) is 7.42. The first-order valence-corrected chi connectivity index (χ1v) is 12.4. The van der Waals surface area contributed by atoms with Crippen LogP contribution in [0.3, 0.4) is 0 Å². The van der Waals surface area contributed by atoms with Gasteiger partial charge in [0.15, 0.2) is 5.92 Å². The Kier molecular flexibility index (Phi) is 10.4. The molecular weight excluding hydrogens is 514 g/mol. The van der Waals surface area contributed by atoms with Gasteiger partial charge in [-0.25, -0.2) is 14.6 Å². The van der Waals surface area contributed by atoms with Crippen LogP contribution in [0, 0.1) is 0 Å². The molecule has 2 heterocycles. The Bertz CT molecular complexity index is 1170. The first kappa shape index (κ1) is 28.4. The van der Waals surface area contributed by atoms with E-state index in [9.17, 15) is 19.2 Å². The summed E-state index contributed by atoms with van der Waals surface area (Å²) in [7, 11) is 0.